The molecule has 0 saturated heterocycles. The Morgan fingerprint density at radius 2 is 1.86 bits per heavy atom. The van der Waals surface area contributed by atoms with Crippen LogP contribution in [0.5, 0.6) is 0 Å². The van der Waals surface area contributed by atoms with E-state index in [-0.39, 0.29) is 30.2 Å². The number of aromatic nitrogens is 1. The molecule has 1 atom stereocenters. The molecule has 0 radical (unpaired) electrons. The summed E-state index contributed by atoms with van der Waals surface area (Å²) >= 11 is 0. The number of nitrogens with zero attached hydrogens (tertiary/aromatic N) is 1. The lowest BCUT2D eigenvalue weighted by Gasteiger charge is -2.30. The predicted molar refractivity (Wildman–Crippen MR) is 106 cm³/mol. The second kappa shape index (κ2) is 8.74. The highest BCUT2D eigenvalue weighted by Gasteiger charge is 2.39. The van der Waals surface area contributed by atoms with Crippen LogP contribution >= 0.6 is 0 Å². The zero-order valence-electron chi connectivity index (χ0n) is 16.5. The van der Waals surface area contributed by atoms with E-state index in [1.54, 1.807) is 19.2 Å². The van der Waals surface area contributed by atoms with E-state index in [1.807, 2.05) is 24.3 Å². The second-order valence-corrected chi connectivity index (χ2v) is 6.46. The van der Waals surface area contributed by atoms with Gasteiger partial charge in [-0.2, -0.15) is 0 Å². The normalized spacial score (nSPS) is 16.6. The van der Waals surface area contributed by atoms with Gasteiger partial charge in [0.2, 0.25) is 0 Å². The maximum Gasteiger partial charge on any atom is 0.338 e. The summed E-state index contributed by atoms with van der Waals surface area (Å²) in [4.78, 5) is 29.9. The molecule has 2 aromatic rings. The van der Waals surface area contributed by atoms with Crippen LogP contribution in [-0.2, 0) is 23.8 Å². The molecule has 29 heavy (non-hydrogen) atoms. The summed E-state index contributed by atoms with van der Waals surface area (Å²) in [7, 11) is 2.79. The van der Waals surface area contributed by atoms with Crippen LogP contribution in [0, 0.1) is 0 Å². The molecule has 1 unspecified atom stereocenters. The number of esters is 2. The monoisotopic (exact) mass is 397 g/mol. The van der Waals surface area contributed by atoms with Crippen LogP contribution in [0.2, 0.25) is 0 Å². The van der Waals surface area contributed by atoms with E-state index >= 15 is 0 Å². The van der Waals surface area contributed by atoms with Gasteiger partial charge in [-0.05, 0) is 24.6 Å². The molecule has 152 valence electrons. The molecule has 8 heteroatoms. The summed E-state index contributed by atoms with van der Waals surface area (Å²) in [5.74, 6) is -1.83. The average molecular weight is 397 g/mol. The third-order valence-electron chi connectivity index (χ3n) is 4.73. The van der Waals surface area contributed by atoms with Crippen molar-refractivity contribution in [3.05, 3.63) is 64.8 Å². The number of allylic oxidation sites excluding steroid dienone is 1. The number of benzene rings is 1. The molecular formula is C21H23N3O5. The molecular weight excluding hydrogens is 374 g/mol. The Morgan fingerprint density at radius 1 is 1.10 bits per heavy atom. The van der Waals surface area contributed by atoms with Crippen LogP contribution in [0.15, 0.2) is 59.2 Å². The average Bonchev–Trinajstić information content (AvgIpc) is 2.72. The molecule has 1 aliphatic heterocycles. The minimum atomic E-state index is -0.772. The van der Waals surface area contributed by atoms with Gasteiger partial charge in [0, 0.05) is 24.4 Å². The number of nitrogens with one attached hydrogen (secondary N) is 1. The molecule has 1 aromatic heterocycles. The van der Waals surface area contributed by atoms with Gasteiger partial charge in [0.15, 0.2) is 0 Å². The predicted octanol–water partition coefficient (Wildman–Crippen LogP) is 1.73. The van der Waals surface area contributed by atoms with E-state index in [0.29, 0.717) is 11.3 Å². The third kappa shape index (κ3) is 3.93. The van der Waals surface area contributed by atoms with Crippen LogP contribution in [0.3, 0.4) is 0 Å². The Bertz CT molecular complexity index is 1010. The maximum atomic E-state index is 13.0. The molecule has 0 saturated carbocycles. The maximum absolute atomic E-state index is 13.0. The molecule has 0 spiro atoms. The van der Waals surface area contributed by atoms with E-state index in [2.05, 4.69) is 10.3 Å². The van der Waals surface area contributed by atoms with E-state index in [9.17, 15) is 9.59 Å². The molecule has 0 fully saturated rings. The third-order valence-corrected chi connectivity index (χ3v) is 4.73. The van der Waals surface area contributed by atoms with Crippen molar-refractivity contribution in [1.29, 1.82) is 0 Å². The highest BCUT2D eigenvalue weighted by molar-refractivity contribution is 6.01. The van der Waals surface area contributed by atoms with E-state index in [1.165, 1.54) is 14.2 Å². The van der Waals surface area contributed by atoms with Crippen molar-refractivity contribution >= 4 is 22.8 Å². The first-order valence-corrected chi connectivity index (χ1v) is 9.05. The minimum absolute atomic E-state index is 0.0860. The van der Waals surface area contributed by atoms with Crippen LogP contribution < -0.4 is 11.1 Å². The Labute approximate surface area is 168 Å². The number of methoxy groups -OCH3 is 2. The lowest BCUT2D eigenvalue weighted by molar-refractivity contribution is -0.140. The zero-order chi connectivity index (χ0) is 21.0. The van der Waals surface area contributed by atoms with Crippen molar-refractivity contribution < 1.29 is 23.8 Å². The number of nitrogens with two attached hydrogens (primary N) is 1. The lowest BCUT2D eigenvalue weighted by atomic mass is 9.80. The van der Waals surface area contributed by atoms with Gasteiger partial charge in [0.05, 0.1) is 36.3 Å². The fraction of sp³-hybridized carbons (Fsp3) is 0.286. The van der Waals surface area contributed by atoms with Gasteiger partial charge < -0.3 is 25.3 Å². The highest BCUT2D eigenvalue weighted by Crippen LogP contribution is 2.40. The van der Waals surface area contributed by atoms with Crippen molar-refractivity contribution in [3.8, 4) is 0 Å². The summed E-state index contributed by atoms with van der Waals surface area (Å²) in [6, 6.07) is 9.25. The first kappa shape index (κ1) is 20.3. The Hall–Kier alpha value is -3.39. The smallest absolute Gasteiger partial charge is 0.338 e. The quantitative estimate of drug-likeness (QED) is 0.560. The number of hydrogen-bond donors (Lipinski definition) is 2. The van der Waals surface area contributed by atoms with Crippen molar-refractivity contribution in [2.45, 2.75) is 12.8 Å². The number of ether oxygens (including phenoxy) is 3. The fourth-order valence-corrected chi connectivity index (χ4v) is 3.44. The van der Waals surface area contributed by atoms with E-state index in [0.717, 1.165) is 10.9 Å². The van der Waals surface area contributed by atoms with Gasteiger partial charge in [0.25, 0.3) is 0 Å². The standard InChI is InChI=1S/C21H23N3O5/c1-12-16(21(26)29-11-10-27-2)17(18(19(22)24-12)20(25)28-3)14-8-9-23-15-7-5-4-6-13(14)15/h4-9,17,24H,10-11,22H2,1-3H3. The topological polar surface area (TPSA) is 113 Å². The number of hydrogen-bond acceptors (Lipinski definition) is 8. The summed E-state index contributed by atoms with van der Waals surface area (Å²) in [5.41, 5.74) is 8.52. The van der Waals surface area contributed by atoms with E-state index in [4.69, 9.17) is 19.9 Å². The summed E-state index contributed by atoms with van der Waals surface area (Å²) in [6.45, 7) is 2.06. The number of fused-ring (bicyclic) bond motifs is 1. The largest absolute Gasteiger partial charge is 0.466 e. The molecule has 8 nitrogen and oxygen atoms in total. The molecule has 2 heterocycles. The summed E-state index contributed by atoms with van der Waals surface area (Å²) < 4.78 is 15.3. The lowest BCUT2D eigenvalue weighted by Crippen LogP contribution is -2.36. The van der Waals surface area contributed by atoms with Crippen molar-refractivity contribution in [3.63, 3.8) is 0 Å². The van der Waals surface area contributed by atoms with Gasteiger partial charge in [-0.3, -0.25) is 4.98 Å². The zero-order valence-corrected chi connectivity index (χ0v) is 16.5. The second-order valence-electron chi connectivity index (χ2n) is 6.46. The number of carbonyl (C=O) groups is 2. The molecule has 3 rings (SSSR count). The molecule has 3 N–H and O–H groups in total. The van der Waals surface area contributed by atoms with Gasteiger partial charge in [-0.15, -0.1) is 0 Å². The van der Waals surface area contributed by atoms with Gasteiger partial charge in [0.1, 0.15) is 12.4 Å². The number of dihydropyridines is 1. The van der Waals surface area contributed by atoms with Crippen molar-refractivity contribution in [1.82, 2.24) is 10.3 Å². The van der Waals surface area contributed by atoms with Crippen molar-refractivity contribution in [2.75, 3.05) is 27.4 Å². The fourth-order valence-electron chi connectivity index (χ4n) is 3.44. The number of carbonyl (C=O) groups excluding carboxylic acids is 2. The van der Waals surface area contributed by atoms with Gasteiger partial charge >= 0.3 is 11.9 Å². The van der Waals surface area contributed by atoms with Gasteiger partial charge in [-0.1, -0.05) is 18.2 Å². The molecule has 0 amide bonds. The number of rotatable bonds is 6. The minimum Gasteiger partial charge on any atom is -0.466 e. The highest BCUT2D eigenvalue weighted by atomic mass is 16.6. The van der Waals surface area contributed by atoms with E-state index < -0.39 is 17.9 Å². The Morgan fingerprint density at radius 3 is 2.59 bits per heavy atom. The summed E-state index contributed by atoms with van der Waals surface area (Å²) in [5, 5.41) is 3.70. The number of pyridine rings is 1. The first-order chi connectivity index (χ1) is 14.0. The van der Waals surface area contributed by atoms with Crippen LogP contribution in [0.4, 0.5) is 0 Å². The SMILES string of the molecule is COCCOC(=O)C1=C(C)NC(N)=C(C(=O)OC)C1c1ccnc2ccccc12. The van der Waals surface area contributed by atoms with Gasteiger partial charge in [-0.25, -0.2) is 9.59 Å². The van der Waals surface area contributed by atoms with Crippen LogP contribution in [0.1, 0.15) is 18.4 Å². The Balaban J connectivity index is 2.20. The summed E-state index contributed by atoms with van der Waals surface area (Å²) in [6.07, 6.45) is 1.63. The van der Waals surface area contributed by atoms with Crippen LogP contribution in [0.25, 0.3) is 10.9 Å². The van der Waals surface area contributed by atoms with Crippen LogP contribution in [-0.4, -0.2) is 44.4 Å². The molecule has 0 aliphatic carbocycles. The number of para-hydroxylation sites is 1. The first-order valence-electron chi connectivity index (χ1n) is 9.05. The Kier molecular flexibility index (Phi) is 6.13. The molecule has 1 aromatic carbocycles. The molecule has 1 aliphatic rings. The van der Waals surface area contributed by atoms with Crippen molar-refractivity contribution in [2.24, 2.45) is 5.73 Å². The molecule has 0 bridgehead atoms.